The number of aliphatic carboxylic acids is 1. The van der Waals surface area contributed by atoms with Gasteiger partial charge in [0.2, 0.25) is 0 Å². The number of rotatable bonds is 5. The Bertz CT molecular complexity index is 985. The van der Waals surface area contributed by atoms with Crippen LogP contribution in [0.15, 0.2) is 35.6 Å². The Morgan fingerprint density at radius 1 is 1.36 bits per heavy atom. The van der Waals surface area contributed by atoms with E-state index in [9.17, 15) is 13.6 Å². The quantitative estimate of drug-likeness (QED) is 0.524. The van der Waals surface area contributed by atoms with E-state index in [4.69, 9.17) is 10.8 Å². The monoisotopic (exact) mass is 346 g/mol. The van der Waals surface area contributed by atoms with E-state index in [1.165, 1.54) is 23.0 Å². The van der Waals surface area contributed by atoms with E-state index in [0.717, 1.165) is 12.3 Å². The van der Waals surface area contributed by atoms with Gasteiger partial charge in [0, 0.05) is 6.20 Å². The predicted octanol–water partition coefficient (Wildman–Crippen LogP) is 0.943. The number of pyridine rings is 2. The largest absolute Gasteiger partial charge is 0.480 e. The van der Waals surface area contributed by atoms with Crippen molar-refractivity contribution in [3.8, 4) is 0 Å². The molecule has 0 atom stereocenters. The zero-order chi connectivity index (χ0) is 18.0. The maximum atomic E-state index is 13.8. The van der Waals surface area contributed by atoms with E-state index in [0.29, 0.717) is 0 Å². The highest BCUT2D eigenvalue weighted by Crippen LogP contribution is 2.19. The summed E-state index contributed by atoms with van der Waals surface area (Å²) in [5, 5.41) is 13.1. The molecule has 25 heavy (non-hydrogen) atoms. The van der Waals surface area contributed by atoms with Crippen LogP contribution in [-0.4, -0.2) is 43.2 Å². The summed E-state index contributed by atoms with van der Waals surface area (Å²) in [7, 11) is 0. The maximum Gasteiger partial charge on any atom is 0.325 e. The number of carbonyl (C=O) groups is 1. The molecule has 0 saturated heterocycles. The van der Waals surface area contributed by atoms with Gasteiger partial charge in [-0.3, -0.25) is 14.8 Å². The van der Waals surface area contributed by atoms with Crippen molar-refractivity contribution in [2.75, 3.05) is 6.54 Å². The second-order valence-corrected chi connectivity index (χ2v) is 5.06. The van der Waals surface area contributed by atoms with Crippen molar-refractivity contribution in [2.45, 2.75) is 6.54 Å². The second kappa shape index (κ2) is 6.59. The maximum absolute atomic E-state index is 13.8. The SMILES string of the molecule is NC(=NCC(=O)O)c1nn(Cc2ncccc2F)c2ncc(F)cc12. The molecule has 3 aromatic rings. The molecule has 0 fully saturated rings. The lowest BCUT2D eigenvalue weighted by Gasteiger charge is -2.03. The van der Waals surface area contributed by atoms with Gasteiger partial charge in [0.15, 0.2) is 5.65 Å². The Hall–Kier alpha value is -3.43. The van der Waals surface area contributed by atoms with Crippen molar-refractivity contribution < 1.29 is 18.7 Å². The van der Waals surface area contributed by atoms with Gasteiger partial charge in [-0.1, -0.05) is 0 Å². The van der Waals surface area contributed by atoms with E-state index >= 15 is 0 Å². The van der Waals surface area contributed by atoms with Gasteiger partial charge in [0.05, 0.1) is 23.8 Å². The molecule has 3 heterocycles. The molecular formula is C15H12F2N6O2. The predicted molar refractivity (Wildman–Crippen MR) is 84.0 cm³/mol. The molecule has 0 saturated carbocycles. The molecule has 8 nitrogen and oxygen atoms in total. The van der Waals surface area contributed by atoms with Gasteiger partial charge >= 0.3 is 5.97 Å². The molecule has 128 valence electrons. The molecule has 0 unspecified atom stereocenters. The Kier molecular flexibility index (Phi) is 4.33. The van der Waals surface area contributed by atoms with Crippen LogP contribution in [0.25, 0.3) is 11.0 Å². The molecule has 0 aliphatic rings. The molecule has 0 aliphatic heterocycles. The Morgan fingerprint density at radius 3 is 2.88 bits per heavy atom. The zero-order valence-corrected chi connectivity index (χ0v) is 12.7. The molecular weight excluding hydrogens is 334 g/mol. The van der Waals surface area contributed by atoms with Crippen LogP contribution in [0, 0.1) is 11.6 Å². The van der Waals surface area contributed by atoms with Crippen LogP contribution in [0.1, 0.15) is 11.4 Å². The molecule has 10 heteroatoms. The van der Waals surface area contributed by atoms with E-state index in [-0.39, 0.29) is 34.8 Å². The van der Waals surface area contributed by atoms with E-state index in [1.54, 1.807) is 0 Å². The van der Waals surface area contributed by atoms with Crippen LogP contribution in [0.4, 0.5) is 8.78 Å². The highest BCUT2D eigenvalue weighted by Gasteiger charge is 2.17. The van der Waals surface area contributed by atoms with Gasteiger partial charge < -0.3 is 10.8 Å². The highest BCUT2D eigenvalue weighted by atomic mass is 19.1. The lowest BCUT2D eigenvalue weighted by molar-refractivity contribution is -0.135. The third-order valence-electron chi connectivity index (χ3n) is 3.32. The van der Waals surface area contributed by atoms with Crippen LogP contribution in [0.5, 0.6) is 0 Å². The Morgan fingerprint density at radius 2 is 2.16 bits per heavy atom. The lowest BCUT2D eigenvalue weighted by Crippen LogP contribution is -2.17. The van der Waals surface area contributed by atoms with Crippen molar-refractivity contribution in [3.05, 3.63) is 53.6 Å². The molecule has 3 aromatic heterocycles. The lowest BCUT2D eigenvalue weighted by atomic mass is 10.2. The average Bonchev–Trinajstić information content (AvgIpc) is 2.92. The second-order valence-electron chi connectivity index (χ2n) is 5.06. The summed E-state index contributed by atoms with van der Waals surface area (Å²) < 4.78 is 28.7. The fourth-order valence-electron chi connectivity index (χ4n) is 2.24. The summed E-state index contributed by atoms with van der Waals surface area (Å²) in [5.74, 6) is -2.50. The van der Waals surface area contributed by atoms with Crippen LogP contribution >= 0.6 is 0 Å². The molecule has 3 rings (SSSR count). The molecule has 0 spiro atoms. The van der Waals surface area contributed by atoms with Crippen LogP contribution in [-0.2, 0) is 11.3 Å². The summed E-state index contributed by atoms with van der Waals surface area (Å²) in [5.41, 5.74) is 6.20. The molecule has 0 bridgehead atoms. The van der Waals surface area contributed by atoms with Gasteiger partial charge in [0.25, 0.3) is 0 Å². The van der Waals surface area contributed by atoms with Crippen molar-refractivity contribution >= 4 is 22.8 Å². The molecule has 0 amide bonds. The number of hydrogen-bond acceptors (Lipinski definition) is 5. The Labute approximate surface area is 139 Å². The summed E-state index contributed by atoms with van der Waals surface area (Å²) in [6.07, 6.45) is 2.42. The summed E-state index contributed by atoms with van der Waals surface area (Å²) in [6.45, 7) is -0.619. The number of aromatic nitrogens is 4. The molecule has 3 N–H and O–H groups in total. The third-order valence-corrected chi connectivity index (χ3v) is 3.32. The Balaban J connectivity index is 2.09. The first-order valence-corrected chi connectivity index (χ1v) is 7.09. The summed E-state index contributed by atoms with van der Waals surface area (Å²) in [4.78, 5) is 22.2. The number of nitrogens with zero attached hydrogens (tertiary/aromatic N) is 5. The first-order chi connectivity index (χ1) is 12.0. The fourth-order valence-corrected chi connectivity index (χ4v) is 2.24. The van der Waals surface area contributed by atoms with Crippen molar-refractivity contribution in [1.29, 1.82) is 0 Å². The smallest absolute Gasteiger partial charge is 0.325 e. The molecule has 0 aromatic carbocycles. The van der Waals surface area contributed by atoms with Crippen molar-refractivity contribution in [3.63, 3.8) is 0 Å². The van der Waals surface area contributed by atoms with Crippen LogP contribution in [0.2, 0.25) is 0 Å². The van der Waals surface area contributed by atoms with Crippen LogP contribution < -0.4 is 5.73 Å². The first kappa shape index (κ1) is 16.4. The average molecular weight is 346 g/mol. The van der Waals surface area contributed by atoms with Crippen LogP contribution in [0.3, 0.4) is 0 Å². The highest BCUT2D eigenvalue weighted by molar-refractivity contribution is 6.06. The number of fused-ring (bicyclic) bond motifs is 1. The van der Waals surface area contributed by atoms with Crippen molar-refractivity contribution in [2.24, 2.45) is 10.7 Å². The van der Waals surface area contributed by atoms with Crippen molar-refractivity contribution in [1.82, 2.24) is 19.7 Å². The van der Waals surface area contributed by atoms with Gasteiger partial charge in [-0.2, -0.15) is 5.10 Å². The normalized spacial score (nSPS) is 11.8. The van der Waals surface area contributed by atoms with Gasteiger partial charge in [-0.05, 0) is 18.2 Å². The number of carboxylic acid groups (broad SMARTS) is 1. The number of hydrogen-bond donors (Lipinski definition) is 2. The molecule has 0 aliphatic carbocycles. The number of halogens is 2. The topological polar surface area (TPSA) is 119 Å². The summed E-state index contributed by atoms with van der Waals surface area (Å²) >= 11 is 0. The number of nitrogens with two attached hydrogens (primary N) is 1. The number of amidine groups is 1. The standard InChI is InChI=1S/C15H12F2N6O2/c16-8-4-9-13(14(18)20-6-12(24)25)22-23(15(9)21-5-8)7-11-10(17)2-1-3-19-11/h1-5H,6-7H2,(H2,18,20)(H,24,25). The van der Waals surface area contributed by atoms with Gasteiger partial charge in [0.1, 0.15) is 29.7 Å². The minimum Gasteiger partial charge on any atom is -0.480 e. The van der Waals surface area contributed by atoms with Gasteiger partial charge in [-0.25, -0.2) is 18.4 Å². The number of aliphatic imine (C=N–C) groups is 1. The van der Waals surface area contributed by atoms with Gasteiger partial charge in [-0.15, -0.1) is 0 Å². The first-order valence-electron chi connectivity index (χ1n) is 7.09. The van der Waals surface area contributed by atoms with E-state index in [2.05, 4.69) is 20.1 Å². The van der Waals surface area contributed by atoms with E-state index < -0.39 is 24.1 Å². The zero-order valence-electron chi connectivity index (χ0n) is 12.7. The third kappa shape index (κ3) is 3.42. The number of carboxylic acids is 1. The van der Waals surface area contributed by atoms with E-state index in [1.807, 2.05) is 0 Å². The molecule has 0 radical (unpaired) electrons. The minimum atomic E-state index is -1.17. The minimum absolute atomic E-state index is 0.0615. The fraction of sp³-hybridized carbons (Fsp3) is 0.133. The summed E-state index contributed by atoms with van der Waals surface area (Å²) in [6, 6.07) is 3.86.